The molecule has 0 aliphatic heterocycles. The topological polar surface area (TPSA) is 59.2 Å². The predicted octanol–water partition coefficient (Wildman–Crippen LogP) is 2.72. The van der Waals surface area contributed by atoms with Gasteiger partial charge < -0.3 is 9.72 Å². The van der Waals surface area contributed by atoms with Crippen molar-refractivity contribution in [2.45, 2.75) is 26.2 Å². The third-order valence-electron chi connectivity index (χ3n) is 2.86. The van der Waals surface area contributed by atoms with Crippen molar-refractivity contribution in [1.82, 2.24) is 4.98 Å². The summed E-state index contributed by atoms with van der Waals surface area (Å²) in [5, 5.41) is 2.86. The lowest BCUT2D eigenvalue weighted by Crippen LogP contribution is -2.08. The number of hydrogen-bond donors (Lipinski definition) is 1. The molecule has 4 nitrogen and oxygen atoms in total. The van der Waals surface area contributed by atoms with Gasteiger partial charge in [0.25, 0.3) is 0 Å². The summed E-state index contributed by atoms with van der Waals surface area (Å²) in [5.74, 6) is -0.404. The first kappa shape index (κ1) is 12.8. The van der Waals surface area contributed by atoms with Crippen LogP contribution in [0.2, 0.25) is 0 Å². The molecule has 0 aliphatic rings. The molecule has 0 unspecified atom stereocenters. The van der Waals surface area contributed by atoms with Gasteiger partial charge in [-0.3, -0.25) is 4.79 Å². The summed E-state index contributed by atoms with van der Waals surface area (Å²) in [5.41, 5.74) is 1.43. The molecule has 0 amide bonds. The van der Waals surface area contributed by atoms with Crippen LogP contribution in [0.25, 0.3) is 10.9 Å². The molecule has 96 valence electrons. The second kappa shape index (κ2) is 5.35. The number of H-pyrrole nitrogens is 1. The van der Waals surface area contributed by atoms with Crippen molar-refractivity contribution >= 4 is 28.2 Å². The Labute approximate surface area is 109 Å². The Balaban J connectivity index is 2.57. The van der Waals surface area contributed by atoms with Gasteiger partial charge in [-0.1, -0.05) is 13.3 Å². The Morgan fingerprint density at radius 3 is 2.94 bits per heavy atom. The van der Waals surface area contributed by atoms with Crippen molar-refractivity contribution in [3.8, 4) is 0 Å². The van der Waals surface area contributed by atoms with Crippen molar-refractivity contribution in [3.05, 3.63) is 32.2 Å². The molecule has 0 spiro atoms. The van der Waals surface area contributed by atoms with Gasteiger partial charge in [0.1, 0.15) is 4.88 Å². The highest BCUT2D eigenvalue weighted by atomic mass is 32.1. The normalized spacial score (nSPS) is 10.8. The molecule has 0 aromatic carbocycles. The van der Waals surface area contributed by atoms with E-state index in [0.29, 0.717) is 10.4 Å². The Hall–Kier alpha value is -1.62. The lowest BCUT2D eigenvalue weighted by Gasteiger charge is -2.02. The molecule has 2 rings (SSSR count). The lowest BCUT2D eigenvalue weighted by atomic mass is 10.1. The summed E-state index contributed by atoms with van der Waals surface area (Å²) in [6.07, 6.45) is 2.96. The van der Waals surface area contributed by atoms with Crippen LogP contribution in [0.4, 0.5) is 0 Å². The minimum absolute atomic E-state index is 0.169. The van der Waals surface area contributed by atoms with Gasteiger partial charge in [0.2, 0.25) is 5.56 Å². The summed E-state index contributed by atoms with van der Waals surface area (Å²) in [4.78, 5) is 26.4. The molecular formula is C13H15NO3S. The highest BCUT2D eigenvalue weighted by Crippen LogP contribution is 2.27. The molecule has 2 aromatic rings. The van der Waals surface area contributed by atoms with Crippen LogP contribution in [0.5, 0.6) is 0 Å². The summed E-state index contributed by atoms with van der Waals surface area (Å²) in [7, 11) is 1.34. The zero-order valence-electron chi connectivity index (χ0n) is 10.4. The predicted molar refractivity (Wildman–Crippen MR) is 72.4 cm³/mol. The number of aromatic amines is 1. The number of unbranched alkanes of at least 4 members (excludes halogenated alkanes) is 1. The molecular weight excluding hydrogens is 250 g/mol. The average Bonchev–Trinajstić information content (AvgIpc) is 2.78. The molecule has 0 bridgehead atoms. The third kappa shape index (κ3) is 2.31. The summed E-state index contributed by atoms with van der Waals surface area (Å²) in [6, 6.07) is 1.62. The van der Waals surface area contributed by atoms with E-state index < -0.39 is 5.97 Å². The average molecular weight is 265 g/mol. The second-order valence-corrected chi connectivity index (χ2v) is 4.99. The van der Waals surface area contributed by atoms with Crippen LogP contribution < -0.4 is 5.56 Å². The van der Waals surface area contributed by atoms with Gasteiger partial charge in [-0.2, -0.15) is 0 Å². The molecule has 5 heteroatoms. The fraction of sp³-hybridized carbons (Fsp3) is 0.385. The molecule has 0 atom stereocenters. The Morgan fingerprint density at radius 1 is 1.50 bits per heavy atom. The monoisotopic (exact) mass is 265 g/mol. The summed E-state index contributed by atoms with van der Waals surface area (Å²) >= 11 is 1.31. The third-order valence-corrected chi connectivity index (χ3v) is 3.82. The summed E-state index contributed by atoms with van der Waals surface area (Å²) < 4.78 is 4.71. The van der Waals surface area contributed by atoms with E-state index in [0.717, 1.165) is 30.2 Å². The fourth-order valence-corrected chi connectivity index (χ4v) is 2.89. The molecule has 2 aromatic heterocycles. The molecule has 0 radical (unpaired) electrons. The number of hydrogen-bond acceptors (Lipinski definition) is 4. The van der Waals surface area contributed by atoms with Gasteiger partial charge >= 0.3 is 5.97 Å². The van der Waals surface area contributed by atoms with Crippen LogP contribution in [-0.4, -0.2) is 18.1 Å². The van der Waals surface area contributed by atoms with Crippen molar-refractivity contribution in [2.75, 3.05) is 7.11 Å². The van der Waals surface area contributed by atoms with E-state index in [-0.39, 0.29) is 5.56 Å². The number of methoxy groups -OCH3 is 1. The Kier molecular flexibility index (Phi) is 3.81. The van der Waals surface area contributed by atoms with E-state index in [4.69, 9.17) is 4.74 Å². The molecule has 0 saturated carbocycles. The van der Waals surface area contributed by atoms with Crippen LogP contribution in [0, 0.1) is 0 Å². The zero-order valence-corrected chi connectivity index (χ0v) is 11.2. The van der Waals surface area contributed by atoms with Gasteiger partial charge in [0.15, 0.2) is 0 Å². The van der Waals surface area contributed by atoms with Crippen molar-refractivity contribution < 1.29 is 9.53 Å². The highest BCUT2D eigenvalue weighted by Gasteiger charge is 2.16. The SMILES string of the molecule is CCCCc1cc(=O)[nH]c2c(C(=O)OC)scc12. The van der Waals surface area contributed by atoms with Crippen LogP contribution >= 0.6 is 11.3 Å². The number of aromatic nitrogens is 1. The van der Waals surface area contributed by atoms with E-state index in [1.807, 2.05) is 5.38 Å². The minimum atomic E-state index is -0.404. The largest absolute Gasteiger partial charge is 0.465 e. The first-order valence-electron chi connectivity index (χ1n) is 5.89. The highest BCUT2D eigenvalue weighted by molar-refractivity contribution is 7.13. The van der Waals surface area contributed by atoms with Gasteiger partial charge in [-0.05, 0) is 18.4 Å². The number of rotatable bonds is 4. The number of thiophene rings is 1. The van der Waals surface area contributed by atoms with Gasteiger partial charge in [-0.25, -0.2) is 4.79 Å². The van der Waals surface area contributed by atoms with Gasteiger partial charge in [-0.15, -0.1) is 11.3 Å². The second-order valence-electron chi connectivity index (χ2n) is 4.11. The number of esters is 1. The quantitative estimate of drug-likeness (QED) is 0.865. The van der Waals surface area contributed by atoms with Crippen molar-refractivity contribution in [3.63, 3.8) is 0 Å². The molecule has 0 aliphatic carbocycles. The van der Waals surface area contributed by atoms with E-state index in [2.05, 4.69) is 11.9 Å². The van der Waals surface area contributed by atoms with Crippen LogP contribution in [0.3, 0.4) is 0 Å². The first-order valence-corrected chi connectivity index (χ1v) is 6.77. The number of pyridine rings is 1. The maximum absolute atomic E-state index is 11.6. The number of aryl methyl sites for hydroxylation is 1. The Bertz CT molecular complexity index is 627. The lowest BCUT2D eigenvalue weighted by molar-refractivity contribution is 0.0608. The summed E-state index contributed by atoms with van der Waals surface area (Å²) in [6.45, 7) is 2.11. The maximum atomic E-state index is 11.6. The van der Waals surface area contributed by atoms with Crippen molar-refractivity contribution in [1.29, 1.82) is 0 Å². The minimum Gasteiger partial charge on any atom is -0.465 e. The molecule has 0 fully saturated rings. The number of fused-ring (bicyclic) bond motifs is 1. The standard InChI is InChI=1S/C13H15NO3S/c1-3-4-5-8-6-10(15)14-11-9(8)7-18-12(11)13(16)17-2/h6-7H,3-5H2,1-2H3,(H,14,15). The number of carbonyl (C=O) groups is 1. The smallest absolute Gasteiger partial charge is 0.350 e. The number of carbonyl (C=O) groups excluding carboxylic acids is 1. The first-order chi connectivity index (χ1) is 8.67. The molecule has 2 heterocycles. The van der Waals surface area contributed by atoms with E-state index >= 15 is 0 Å². The molecule has 18 heavy (non-hydrogen) atoms. The zero-order chi connectivity index (χ0) is 13.1. The van der Waals surface area contributed by atoms with Crippen LogP contribution in [0.15, 0.2) is 16.2 Å². The Morgan fingerprint density at radius 2 is 2.28 bits per heavy atom. The van der Waals surface area contributed by atoms with Crippen LogP contribution in [-0.2, 0) is 11.2 Å². The van der Waals surface area contributed by atoms with Crippen molar-refractivity contribution in [2.24, 2.45) is 0 Å². The van der Waals surface area contributed by atoms with E-state index in [1.54, 1.807) is 6.07 Å². The number of nitrogens with one attached hydrogen (secondary N) is 1. The van der Waals surface area contributed by atoms with Crippen LogP contribution in [0.1, 0.15) is 35.0 Å². The maximum Gasteiger partial charge on any atom is 0.350 e. The van der Waals surface area contributed by atoms with E-state index in [1.165, 1.54) is 18.4 Å². The molecule has 0 saturated heterocycles. The molecule has 1 N–H and O–H groups in total. The number of ether oxygens (including phenoxy) is 1. The fourth-order valence-electron chi connectivity index (χ4n) is 1.93. The van der Waals surface area contributed by atoms with Gasteiger partial charge in [0, 0.05) is 16.8 Å². The van der Waals surface area contributed by atoms with E-state index in [9.17, 15) is 9.59 Å². The van der Waals surface area contributed by atoms with Gasteiger partial charge in [0.05, 0.1) is 12.6 Å².